The molecule has 168 valence electrons. The molecule has 1 aromatic carbocycles. The quantitative estimate of drug-likeness (QED) is 0.704. The average Bonchev–Trinajstić information content (AvgIpc) is 3.30. The topological polar surface area (TPSA) is 63.7 Å². The van der Waals surface area contributed by atoms with Crippen LogP contribution in [0.3, 0.4) is 0 Å². The molecule has 1 aliphatic heterocycles. The van der Waals surface area contributed by atoms with Gasteiger partial charge in [-0.1, -0.05) is 6.92 Å². The molecule has 1 N–H and O–H groups in total. The Bertz CT molecular complexity index is 894. The SMILES string of the molecule is Cc1cc(OCCN2CCOCC2)c(C)c2c1CCC([C@H](C)C(=O)Nc1nccs1)C2. The van der Waals surface area contributed by atoms with Gasteiger partial charge >= 0.3 is 0 Å². The lowest BCUT2D eigenvalue weighted by Gasteiger charge is -2.31. The Morgan fingerprint density at radius 2 is 2.16 bits per heavy atom. The highest BCUT2D eigenvalue weighted by molar-refractivity contribution is 7.13. The van der Waals surface area contributed by atoms with E-state index in [4.69, 9.17) is 9.47 Å². The van der Waals surface area contributed by atoms with Crippen LogP contribution in [0.15, 0.2) is 17.6 Å². The predicted octanol–water partition coefficient (Wildman–Crippen LogP) is 3.85. The van der Waals surface area contributed by atoms with Crippen LogP contribution in [0.1, 0.15) is 35.6 Å². The Labute approximate surface area is 189 Å². The van der Waals surface area contributed by atoms with E-state index in [2.05, 4.69) is 35.1 Å². The van der Waals surface area contributed by atoms with Gasteiger partial charge in [-0.25, -0.2) is 4.98 Å². The van der Waals surface area contributed by atoms with Crippen molar-refractivity contribution in [2.45, 2.75) is 40.0 Å². The van der Waals surface area contributed by atoms with E-state index in [9.17, 15) is 4.79 Å². The molecule has 0 radical (unpaired) electrons. The van der Waals surface area contributed by atoms with Gasteiger partial charge in [-0.2, -0.15) is 0 Å². The van der Waals surface area contributed by atoms with Crippen molar-refractivity contribution < 1.29 is 14.3 Å². The lowest BCUT2D eigenvalue weighted by molar-refractivity contribution is -0.121. The largest absolute Gasteiger partial charge is 0.492 e. The molecule has 1 aliphatic carbocycles. The Hall–Kier alpha value is -1.96. The molecular formula is C24H33N3O3S. The summed E-state index contributed by atoms with van der Waals surface area (Å²) in [5.74, 6) is 1.33. The Balaban J connectivity index is 1.41. The molecule has 0 spiro atoms. The smallest absolute Gasteiger partial charge is 0.229 e. The number of hydrogen-bond donors (Lipinski definition) is 1. The average molecular weight is 444 g/mol. The van der Waals surface area contributed by atoms with Crippen molar-refractivity contribution in [3.8, 4) is 5.75 Å². The molecule has 1 unspecified atom stereocenters. The first kappa shape index (κ1) is 22.2. The van der Waals surface area contributed by atoms with Crippen LogP contribution in [-0.2, 0) is 22.4 Å². The van der Waals surface area contributed by atoms with E-state index in [0.717, 1.165) is 57.9 Å². The summed E-state index contributed by atoms with van der Waals surface area (Å²) >= 11 is 1.46. The van der Waals surface area contributed by atoms with E-state index in [0.29, 0.717) is 17.7 Å². The Kier molecular flexibility index (Phi) is 7.25. The zero-order chi connectivity index (χ0) is 21.8. The molecule has 31 heavy (non-hydrogen) atoms. The van der Waals surface area contributed by atoms with Gasteiger partial charge in [-0.05, 0) is 67.3 Å². The van der Waals surface area contributed by atoms with E-state index in [1.54, 1.807) is 6.20 Å². The van der Waals surface area contributed by atoms with E-state index in [1.165, 1.54) is 33.6 Å². The highest BCUT2D eigenvalue weighted by Gasteiger charge is 2.30. The number of hydrogen-bond acceptors (Lipinski definition) is 6. The summed E-state index contributed by atoms with van der Waals surface area (Å²) in [6.07, 6.45) is 4.70. The summed E-state index contributed by atoms with van der Waals surface area (Å²) in [6.45, 7) is 11.6. The molecule has 2 aliphatic rings. The molecule has 1 aromatic heterocycles. The molecule has 0 saturated carbocycles. The van der Waals surface area contributed by atoms with Gasteiger partial charge in [0, 0.05) is 37.1 Å². The van der Waals surface area contributed by atoms with E-state index in [-0.39, 0.29) is 11.8 Å². The molecule has 7 heteroatoms. The van der Waals surface area contributed by atoms with Gasteiger partial charge in [0.25, 0.3) is 0 Å². The van der Waals surface area contributed by atoms with Crippen LogP contribution in [0.25, 0.3) is 0 Å². The summed E-state index contributed by atoms with van der Waals surface area (Å²) in [6, 6.07) is 2.20. The van der Waals surface area contributed by atoms with Crippen LogP contribution in [0.2, 0.25) is 0 Å². The number of nitrogens with zero attached hydrogens (tertiary/aromatic N) is 2. The number of benzene rings is 1. The van der Waals surface area contributed by atoms with E-state index in [1.807, 2.05) is 12.3 Å². The Morgan fingerprint density at radius 1 is 1.35 bits per heavy atom. The maximum absolute atomic E-state index is 12.7. The van der Waals surface area contributed by atoms with Crippen molar-refractivity contribution in [3.05, 3.63) is 39.9 Å². The number of carbonyl (C=O) groups is 1. The molecule has 6 nitrogen and oxygen atoms in total. The fourth-order valence-electron chi connectivity index (χ4n) is 4.73. The lowest BCUT2D eigenvalue weighted by Crippen LogP contribution is -2.38. The van der Waals surface area contributed by atoms with Crippen molar-refractivity contribution in [2.24, 2.45) is 11.8 Å². The second-order valence-corrected chi connectivity index (χ2v) is 9.59. The predicted molar refractivity (Wildman–Crippen MR) is 124 cm³/mol. The van der Waals surface area contributed by atoms with Gasteiger partial charge in [-0.3, -0.25) is 9.69 Å². The monoisotopic (exact) mass is 443 g/mol. The molecule has 2 aromatic rings. The number of amides is 1. The number of anilines is 1. The van der Waals surface area contributed by atoms with Crippen LogP contribution in [0.4, 0.5) is 5.13 Å². The fraction of sp³-hybridized carbons (Fsp3) is 0.583. The van der Waals surface area contributed by atoms with Crippen molar-refractivity contribution in [3.63, 3.8) is 0 Å². The van der Waals surface area contributed by atoms with Gasteiger partial charge in [0.05, 0.1) is 13.2 Å². The van der Waals surface area contributed by atoms with Crippen LogP contribution in [0, 0.1) is 25.7 Å². The second-order valence-electron chi connectivity index (χ2n) is 8.69. The van der Waals surface area contributed by atoms with Crippen molar-refractivity contribution in [2.75, 3.05) is 44.8 Å². The number of thiazole rings is 1. The number of morpholine rings is 1. The van der Waals surface area contributed by atoms with Gasteiger partial charge in [0.15, 0.2) is 5.13 Å². The molecule has 1 amide bonds. The third-order valence-corrected chi connectivity index (χ3v) is 7.48. The van der Waals surface area contributed by atoms with Crippen LogP contribution < -0.4 is 10.1 Å². The minimum Gasteiger partial charge on any atom is -0.492 e. The van der Waals surface area contributed by atoms with Gasteiger partial charge in [-0.15, -0.1) is 11.3 Å². The first-order valence-corrected chi connectivity index (χ1v) is 12.2. The summed E-state index contributed by atoms with van der Waals surface area (Å²) in [5.41, 5.74) is 5.37. The molecule has 4 rings (SSSR count). The second kappa shape index (κ2) is 10.1. The van der Waals surface area contributed by atoms with Crippen molar-refractivity contribution in [1.82, 2.24) is 9.88 Å². The van der Waals surface area contributed by atoms with Crippen LogP contribution in [0.5, 0.6) is 5.75 Å². The number of aromatic nitrogens is 1. The van der Waals surface area contributed by atoms with Crippen molar-refractivity contribution in [1.29, 1.82) is 0 Å². The number of ether oxygens (including phenoxy) is 2. The number of carbonyl (C=O) groups excluding carboxylic acids is 1. The summed E-state index contributed by atoms with van der Waals surface area (Å²) < 4.78 is 11.7. The summed E-state index contributed by atoms with van der Waals surface area (Å²) in [4.78, 5) is 19.3. The van der Waals surface area contributed by atoms with Gasteiger partial charge < -0.3 is 14.8 Å². The maximum Gasteiger partial charge on any atom is 0.229 e. The van der Waals surface area contributed by atoms with Crippen LogP contribution in [-0.4, -0.2) is 55.2 Å². The first-order chi connectivity index (χ1) is 15.0. The highest BCUT2D eigenvalue weighted by Crippen LogP contribution is 2.38. The molecule has 1 saturated heterocycles. The lowest BCUT2D eigenvalue weighted by atomic mass is 9.75. The zero-order valence-corrected chi connectivity index (χ0v) is 19.6. The third kappa shape index (κ3) is 5.27. The normalized spacial score (nSPS) is 20.2. The number of nitrogens with one attached hydrogen (secondary N) is 1. The molecule has 0 bridgehead atoms. The maximum atomic E-state index is 12.7. The summed E-state index contributed by atoms with van der Waals surface area (Å²) in [5, 5.41) is 5.53. The van der Waals surface area contributed by atoms with E-state index < -0.39 is 0 Å². The molecule has 2 heterocycles. The van der Waals surface area contributed by atoms with Gasteiger partial charge in [0.1, 0.15) is 12.4 Å². The van der Waals surface area contributed by atoms with Crippen LogP contribution >= 0.6 is 11.3 Å². The van der Waals surface area contributed by atoms with Gasteiger partial charge in [0.2, 0.25) is 5.91 Å². The highest BCUT2D eigenvalue weighted by atomic mass is 32.1. The number of aryl methyl sites for hydroxylation is 1. The zero-order valence-electron chi connectivity index (χ0n) is 18.8. The Morgan fingerprint density at radius 3 is 2.90 bits per heavy atom. The third-order valence-electron chi connectivity index (χ3n) is 6.79. The minimum absolute atomic E-state index is 0.0531. The fourth-order valence-corrected chi connectivity index (χ4v) is 5.26. The number of fused-ring (bicyclic) bond motifs is 1. The molecule has 1 fully saturated rings. The molecular weight excluding hydrogens is 410 g/mol. The summed E-state index contributed by atoms with van der Waals surface area (Å²) in [7, 11) is 0. The molecule has 2 atom stereocenters. The first-order valence-electron chi connectivity index (χ1n) is 11.3. The number of rotatable bonds is 7. The standard InChI is InChI=1S/C24H33N3O3S/c1-16-14-22(30-12-9-27-7-10-29-11-8-27)18(3)21-15-19(4-5-20(16)21)17(2)23(28)26-24-25-6-13-31-24/h6,13-14,17,19H,4-5,7-12,15H2,1-3H3,(H,25,26,28)/t17-,19?/m0/s1. The van der Waals surface area contributed by atoms with E-state index >= 15 is 0 Å². The minimum atomic E-state index is -0.0531. The van der Waals surface area contributed by atoms with Crippen molar-refractivity contribution >= 4 is 22.4 Å².